The Hall–Kier alpha value is -3.87. The summed E-state index contributed by atoms with van der Waals surface area (Å²) in [6, 6.07) is 9.64. The number of fused-ring (bicyclic) bond motifs is 1. The van der Waals surface area contributed by atoms with Crippen LogP contribution in [-0.4, -0.2) is 37.9 Å². The number of pyridine rings is 1. The van der Waals surface area contributed by atoms with Gasteiger partial charge in [-0.2, -0.15) is 23.5 Å². The van der Waals surface area contributed by atoms with E-state index in [1.165, 1.54) is 29.5 Å². The minimum atomic E-state index is -4.59. The van der Waals surface area contributed by atoms with E-state index < -0.39 is 18.2 Å². The molecule has 0 N–H and O–H groups in total. The number of alkyl halides is 3. The number of halogens is 3. The second-order valence-corrected chi connectivity index (χ2v) is 8.90. The van der Waals surface area contributed by atoms with Gasteiger partial charge in [0.2, 0.25) is 0 Å². The Labute approximate surface area is 199 Å². The van der Waals surface area contributed by atoms with Crippen LogP contribution in [0.4, 0.5) is 13.2 Å². The standard InChI is InChI=1S/C25H22F3N5O2/c1-15(25(26,27)28)35-23-6-5-16(11-29)9-20(23)24(34)32-12-18-13-33(31-22(18)14-32)19-7-8-30-21(10-19)17-3-2-4-17/h5-10,13,15,17H,2-4,12,14H2,1H3. The van der Waals surface area contributed by atoms with Gasteiger partial charge in [0.25, 0.3) is 5.91 Å². The average Bonchev–Trinajstić information content (AvgIpc) is 3.37. The van der Waals surface area contributed by atoms with Crippen LogP contribution < -0.4 is 4.74 Å². The Balaban J connectivity index is 1.35. The molecule has 0 radical (unpaired) electrons. The number of amides is 1. The first kappa shape index (κ1) is 22.9. The minimum absolute atomic E-state index is 0.0857. The highest BCUT2D eigenvalue weighted by Gasteiger charge is 2.39. The summed E-state index contributed by atoms with van der Waals surface area (Å²) in [6.45, 7) is 1.32. The molecule has 1 aromatic carbocycles. The summed E-state index contributed by atoms with van der Waals surface area (Å²) in [6.07, 6.45) is 0.441. The predicted molar refractivity (Wildman–Crippen MR) is 119 cm³/mol. The van der Waals surface area contributed by atoms with Crippen LogP contribution >= 0.6 is 0 Å². The molecular formula is C25H22F3N5O2. The van der Waals surface area contributed by atoms with E-state index in [4.69, 9.17) is 4.74 Å². The first-order chi connectivity index (χ1) is 16.7. The lowest BCUT2D eigenvalue weighted by atomic mass is 9.82. The molecule has 35 heavy (non-hydrogen) atoms. The number of hydrogen-bond donors (Lipinski definition) is 0. The molecule has 1 saturated carbocycles. The molecule has 1 fully saturated rings. The third-order valence-corrected chi connectivity index (χ3v) is 6.52. The Kier molecular flexibility index (Phi) is 5.71. The Bertz CT molecular complexity index is 1300. The first-order valence-corrected chi connectivity index (χ1v) is 11.3. The molecule has 0 spiro atoms. The molecule has 7 nitrogen and oxygen atoms in total. The van der Waals surface area contributed by atoms with Gasteiger partial charge in [-0.3, -0.25) is 9.78 Å². The fraction of sp³-hybridized carbons (Fsp3) is 0.360. The van der Waals surface area contributed by atoms with Crippen molar-refractivity contribution in [3.8, 4) is 17.5 Å². The van der Waals surface area contributed by atoms with Gasteiger partial charge in [-0.15, -0.1) is 0 Å². The topological polar surface area (TPSA) is 84.0 Å². The summed E-state index contributed by atoms with van der Waals surface area (Å²) < 4.78 is 45.9. The zero-order chi connectivity index (χ0) is 24.7. The molecule has 3 heterocycles. The Morgan fingerprint density at radius 3 is 2.69 bits per heavy atom. The molecule has 2 aromatic heterocycles. The highest BCUT2D eigenvalue weighted by Crippen LogP contribution is 2.36. The van der Waals surface area contributed by atoms with Crippen molar-refractivity contribution in [2.45, 2.75) is 57.5 Å². The van der Waals surface area contributed by atoms with Crippen molar-refractivity contribution in [2.75, 3.05) is 0 Å². The van der Waals surface area contributed by atoms with Gasteiger partial charge in [0.1, 0.15) is 5.75 Å². The molecule has 1 atom stereocenters. The third-order valence-electron chi connectivity index (χ3n) is 6.52. The zero-order valence-corrected chi connectivity index (χ0v) is 18.9. The molecule has 10 heteroatoms. The van der Waals surface area contributed by atoms with Crippen LogP contribution in [0, 0.1) is 11.3 Å². The molecule has 1 unspecified atom stereocenters. The quantitative estimate of drug-likeness (QED) is 0.518. The second kappa shape index (κ2) is 8.73. The molecule has 5 rings (SSSR count). The second-order valence-electron chi connectivity index (χ2n) is 8.90. The summed E-state index contributed by atoms with van der Waals surface area (Å²) in [5.74, 6) is -0.243. The van der Waals surface area contributed by atoms with E-state index in [1.54, 1.807) is 10.9 Å². The lowest BCUT2D eigenvalue weighted by Crippen LogP contribution is -2.32. The third kappa shape index (κ3) is 4.46. The molecular weight excluding hydrogens is 459 g/mol. The van der Waals surface area contributed by atoms with Gasteiger partial charge in [-0.1, -0.05) is 6.42 Å². The summed E-state index contributed by atoms with van der Waals surface area (Å²) in [4.78, 5) is 19.2. The van der Waals surface area contributed by atoms with Crippen molar-refractivity contribution in [3.63, 3.8) is 0 Å². The summed E-state index contributed by atoms with van der Waals surface area (Å²) >= 11 is 0. The number of carbonyl (C=O) groups excluding carboxylic acids is 1. The van der Waals surface area contributed by atoms with E-state index in [2.05, 4.69) is 10.1 Å². The monoisotopic (exact) mass is 481 g/mol. The van der Waals surface area contributed by atoms with E-state index in [9.17, 15) is 23.2 Å². The van der Waals surface area contributed by atoms with E-state index >= 15 is 0 Å². The number of nitriles is 1. The number of rotatable bonds is 5. The van der Waals surface area contributed by atoms with Gasteiger partial charge >= 0.3 is 6.18 Å². The van der Waals surface area contributed by atoms with Crippen molar-refractivity contribution in [1.82, 2.24) is 19.7 Å². The van der Waals surface area contributed by atoms with Crippen molar-refractivity contribution in [3.05, 3.63) is 70.8 Å². The molecule has 1 aliphatic heterocycles. The van der Waals surface area contributed by atoms with Crippen LogP contribution in [0.15, 0.2) is 42.7 Å². The fourth-order valence-corrected chi connectivity index (χ4v) is 4.23. The molecule has 0 bridgehead atoms. The van der Waals surface area contributed by atoms with Crippen molar-refractivity contribution >= 4 is 5.91 Å². The van der Waals surface area contributed by atoms with Crippen LogP contribution in [-0.2, 0) is 13.1 Å². The number of ether oxygens (including phenoxy) is 1. The zero-order valence-electron chi connectivity index (χ0n) is 18.9. The number of benzene rings is 1. The predicted octanol–water partition coefficient (Wildman–Crippen LogP) is 4.89. The number of carbonyl (C=O) groups is 1. The SMILES string of the molecule is CC(Oc1ccc(C#N)cc1C(=O)N1Cc2cn(-c3ccnc(C4CCC4)c3)nc2C1)C(F)(F)F. The van der Waals surface area contributed by atoms with E-state index in [1.807, 2.05) is 24.4 Å². The van der Waals surface area contributed by atoms with Gasteiger partial charge in [0.05, 0.1) is 35.1 Å². The Morgan fingerprint density at radius 2 is 2.03 bits per heavy atom. The van der Waals surface area contributed by atoms with Crippen molar-refractivity contribution in [1.29, 1.82) is 5.26 Å². The maximum absolute atomic E-state index is 13.3. The normalized spacial score (nSPS) is 16.4. The summed E-state index contributed by atoms with van der Waals surface area (Å²) in [5, 5.41) is 13.9. The first-order valence-electron chi connectivity index (χ1n) is 11.3. The van der Waals surface area contributed by atoms with Gasteiger partial charge in [0.15, 0.2) is 6.10 Å². The maximum atomic E-state index is 13.3. The number of aromatic nitrogens is 3. The highest BCUT2D eigenvalue weighted by atomic mass is 19.4. The number of nitrogens with zero attached hydrogens (tertiary/aromatic N) is 5. The van der Waals surface area contributed by atoms with Crippen molar-refractivity contribution in [2.24, 2.45) is 0 Å². The lowest BCUT2D eigenvalue weighted by molar-refractivity contribution is -0.189. The lowest BCUT2D eigenvalue weighted by Gasteiger charge is -2.24. The van der Waals surface area contributed by atoms with E-state index in [0.717, 1.165) is 36.7 Å². The highest BCUT2D eigenvalue weighted by molar-refractivity contribution is 5.97. The van der Waals surface area contributed by atoms with Crippen molar-refractivity contribution < 1.29 is 22.7 Å². The molecule has 180 valence electrons. The van der Waals surface area contributed by atoms with Gasteiger partial charge < -0.3 is 9.64 Å². The molecule has 1 amide bonds. The summed E-state index contributed by atoms with van der Waals surface area (Å²) in [7, 11) is 0. The van der Waals surface area contributed by atoms with E-state index in [0.29, 0.717) is 11.6 Å². The smallest absolute Gasteiger partial charge is 0.425 e. The van der Waals surface area contributed by atoms with Gasteiger partial charge in [-0.25, -0.2) is 4.68 Å². The van der Waals surface area contributed by atoms with Gasteiger partial charge in [-0.05, 0) is 50.1 Å². The van der Waals surface area contributed by atoms with Crippen LogP contribution in [0.2, 0.25) is 0 Å². The molecule has 0 saturated heterocycles. The minimum Gasteiger partial charge on any atom is -0.480 e. The fourth-order valence-electron chi connectivity index (χ4n) is 4.23. The van der Waals surface area contributed by atoms with E-state index in [-0.39, 0.29) is 30.0 Å². The average molecular weight is 481 g/mol. The molecule has 3 aromatic rings. The molecule has 1 aliphatic carbocycles. The largest absolute Gasteiger partial charge is 0.480 e. The van der Waals surface area contributed by atoms with Crippen LogP contribution in [0.1, 0.15) is 65.0 Å². The van der Waals surface area contributed by atoms with Gasteiger partial charge in [0, 0.05) is 36.1 Å². The Morgan fingerprint density at radius 1 is 1.23 bits per heavy atom. The molecule has 2 aliphatic rings. The van der Waals surface area contributed by atoms with Crippen LogP contribution in [0.5, 0.6) is 5.75 Å². The maximum Gasteiger partial charge on any atom is 0.425 e. The summed E-state index contributed by atoms with van der Waals surface area (Å²) in [5.41, 5.74) is 3.58. The number of hydrogen-bond acceptors (Lipinski definition) is 5. The van der Waals surface area contributed by atoms with Crippen LogP contribution in [0.3, 0.4) is 0 Å². The van der Waals surface area contributed by atoms with Crippen LogP contribution in [0.25, 0.3) is 5.69 Å².